The second-order valence-corrected chi connectivity index (χ2v) is 6.34. The van der Waals surface area contributed by atoms with Crippen LogP contribution < -0.4 is 0 Å². The maximum atomic E-state index is 11.3. The summed E-state index contributed by atoms with van der Waals surface area (Å²) >= 11 is 0. The van der Waals surface area contributed by atoms with Crippen molar-refractivity contribution < 1.29 is 9.53 Å². The molecule has 0 aliphatic heterocycles. The monoisotopic (exact) mass is 238 g/mol. The fraction of sp³-hybridized carbons (Fsp3) is 0.929. The van der Waals surface area contributed by atoms with Crippen molar-refractivity contribution in [1.29, 1.82) is 0 Å². The maximum Gasteiger partial charge on any atom is 0.126 e. The van der Waals surface area contributed by atoms with E-state index in [-0.39, 0.29) is 16.4 Å². The zero-order chi connectivity index (χ0) is 13.7. The van der Waals surface area contributed by atoms with Gasteiger partial charge in [0.1, 0.15) is 6.29 Å². The van der Waals surface area contributed by atoms with E-state index in [9.17, 15) is 4.79 Å². The Bertz CT molecular complexity index is 249. The third-order valence-electron chi connectivity index (χ3n) is 4.25. The van der Waals surface area contributed by atoms with Crippen LogP contribution in [-0.2, 0) is 9.53 Å². The molecule has 98 valence electrons. The van der Waals surface area contributed by atoms with Crippen LogP contribution in [0.25, 0.3) is 0 Å². The lowest BCUT2D eigenvalue weighted by Crippen LogP contribution is -2.38. The summed E-state index contributed by atoms with van der Waals surface area (Å²) in [6, 6.07) is 0. The summed E-state index contributed by atoms with van der Waals surface area (Å²) < 4.78 is 5.76. The minimum atomic E-state index is -0.288. The molecule has 1 unspecified atom stereocenters. The van der Waals surface area contributed by atoms with E-state index < -0.39 is 0 Å². The minimum Gasteiger partial charge on any atom is -0.376 e. The first-order valence-corrected chi connectivity index (χ1v) is 6.44. The van der Waals surface area contributed by atoms with E-state index in [1.807, 2.05) is 20.8 Å². The molecule has 0 aliphatic rings. The zero-order valence-corrected chi connectivity index (χ0v) is 12.3. The van der Waals surface area contributed by atoms with E-state index in [1.165, 1.54) is 0 Å². The predicted molar refractivity (Wildman–Crippen MR) is 73.5 cm³/mol. The quantitative estimate of drug-likeness (QED) is 0.478. The molecule has 0 amide bonds. The molecule has 3 heteroatoms. The van der Waals surface area contributed by atoms with Crippen molar-refractivity contribution in [2.24, 2.45) is 10.8 Å². The average Bonchev–Trinajstić information content (AvgIpc) is 2.27. The topological polar surface area (TPSA) is 26.3 Å². The Kier molecular flexibility index (Phi) is 5.93. The van der Waals surface area contributed by atoms with Gasteiger partial charge in [-0.1, -0.05) is 34.0 Å². The zero-order valence-electron chi connectivity index (χ0n) is 12.3. The number of carbonyl (C=O) groups is 1. The van der Waals surface area contributed by atoms with Gasteiger partial charge in [-0.3, -0.25) is 0 Å². The lowest BCUT2D eigenvalue weighted by atomic mass is 9.64. The van der Waals surface area contributed by atoms with Crippen LogP contribution in [0.4, 0.5) is 0 Å². The van der Waals surface area contributed by atoms with Crippen LogP contribution in [0.2, 0.25) is 6.32 Å². The SMILES string of the molecule is [B]CC(C)(C)OCCC(C)(C)C(C)(C=O)CC. The smallest absolute Gasteiger partial charge is 0.126 e. The van der Waals surface area contributed by atoms with Crippen LogP contribution in [0.3, 0.4) is 0 Å². The van der Waals surface area contributed by atoms with Gasteiger partial charge in [-0.25, -0.2) is 0 Å². The number of hydrogen-bond donors (Lipinski definition) is 0. The van der Waals surface area contributed by atoms with Gasteiger partial charge in [0.05, 0.1) is 13.4 Å². The van der Waals surface area contributed by atoms with Crippen molar-refractivity contribution in [2.45, 2.75) is 66.3 Å². The molecule has 0 rings (SSSR count). The molecule has 0 fully saturated rings. The number of ether oxygens (including phenoxy) is 1. The molecule has 0 aromatic heterocycles. The Labute approximate surface area is 108 Å². The van der Waals surface area contributed by atoms with Gasteiger partial charge in [0.2, 0.25) is 0 Å². The molecule has 0 aromatic carbocycles. The first-order chi connectivity index (χ1) is 7.64. The fourth-order valence-corrected chi connectivity index (χ4v) is 1.65. The van der Waals surface area contributed by atoms with Gasteiger partial charge >= 0.3 is 0 Å². The van der Waals surface area contributed by atoms with Crippen LogP contribution in [0, 0.1) is 10.8 Å². The van der Waals surface area contributed by atoms with Crippen molar-refractivity contribution in [3.05, 3.63) is 0 Å². The highest BCUT2D eigenvalue weighted by Gasteiger charge is 2.39. The van der Waals surface area contributed by atoms with Crippen LogP contribution in [0.5, 0.6) is 0 Å². The van der Waals surface area contributed by atoms with Crippen LogP contribution in [0.1, 0.15) is 54.4 Å². The lowest BCUT2D eigenvalue weighted by Gasteiger charge is -2.40. The number of aldehydes is 1. The summed E-state index contributed by atoms with van der Waals surface area (Å²) in [7, 11) is 5.61. The highest BCUT2D eigenvalue weighted by atomic mass is 16.5. The van der Waals surface area contributed by atoms with E-state index in [0.717, 1.165) is 19.1 Å². The second-order valence-electron chi connectivity index (χ2n) is 6.34. The van der Waals surface area contributed by atoms with Gasteiger partial charge in [0, 0.05) is 12.0 Å². The fourth-order valence-electron chi connectivity index (χ4n) is 1.65. The van der Waals surface area contributed by atoms with E-state index in [4.69, 9.17) is 12.6 Å². The Morgan fingerprint density at radius 3 is 2.06 bits per heavy atom. The Balaban J connectivity index is 4.42. The molecular weight excluding hydrogens is 211 g/mol. The van der Waals surface area contributed by atoms with Crippen molar-refractivity contribution in [3.63, 3.8) is 0 Å². The van der Waals surface area contributed by atoms with Gasteiger partial charge in [0.25, 0.3) is 0 Å². The summed E-state index contributed by atoms with van der Waals surface area (Å²) in [5.74, 6) is 0. The van der Waals surface area contributed by atoms with Crippen LogP contribution in [0.15, 0.2) is 0 Å². The second kappa shape index (κ2) is 6.04. The van der Waals surface area contributed by atoms with Crippen molar-refractivity contribution in [2.75, 3.05) is 6.61 Å². The van der Waals surface area contributed by atoms with Gasteiger partial charge in [0.15, 0.2) is 0 Å². The lowest BCUT2D eigenvalue weighted by molar-refractivity contribution is -0.123. The third kappa shape index (κ3) is 4.46. The van der Waals surface area contributed by atoms with Gasteiger partial charge in [-0.05, 0) is 32.1 Å². The summed E-state index contributed by atoms with van der Waals surface area (Å²) in [5.41, 5.74) is -0.628. The van der Waals surface area contributed by atoms with E-state index >= 15 is 0 Å². The third-order valence-corrected chi connectivity index (χ3v) is 4.25. The number of hydrogen-bond acceptors (Lipinski definition) is 2. The molecule has 2 radical (unpaired) electrons. The number of carbonyl (C=O) groups excluding carboxylic acids is 1. The first kappa shape index (κ1) is 16.7. The molecule has 0 aromatic rings. The maximum absolute atomic E-state index is 11.3. The van der Waals surface area contributed by atoms with Crippen molar-refractivity contribution in [1.82, 2.24) is 0 Å². The van der Waals surface area contributed by atoms with E-state index in [1.54, 1.807) is 0 Å². The molecule has 0 saturated heterocycles. The summed E-state index contributed by atoms with van der Waals surface area (Å²) in [6.45, 7) is 12.9. The molecule has 0 heterocycles. The Morgan fingerprint density at radius 2 is 1.71 bits per heavy atom. The van der Waals surface area contributed by atoms with E-state index in [0.29, 0.717) is 12.9 Å². The number of rotatable bonds is 8. The average molecular weight is 238 g/mol. The first-order valence-electron chi connectivity index (χ1n) is 6.44. The van der Waals surface area contributed by atoms with Crippen molar-refractivity contribution in [3.8, 4) is 0 Å². The molecule has 1 atom stereocenters. The standard InChI is InChI=1S/C14H27BO2/c1-7-14(6,11-16)12(2,3)8-9-17-13(4,5)10-15/h11H,7-10H2,1-6H3. The molecule has 0 saturated carbocycles. The summed E-state index contributed by atoms with van der Waals surface area (Å²) in [6.07, 6.45) is 3.30. The summed E-state index contributed by atoms with van der Waals surface area (Å²) in [4.78, 5) is 11.3. The highest BCUT2D eigenvalue weighted by molar-refractivity contribution is 6.09. The molecule has 2 nitrogen and oxygen atoms in total. The van der Waals surface area contributed by atoms with Gasteiger partial charge < -0.3 is 9.53 Å². The van der Waals surface area contributed by atoms with Gasteiger partial charge in [-0.2, -0.15) is 0 Å². The van der Waals surface area contributed by atoms with Crippen LogP contribution >= 0.6 is 0 Å². The predicted octanol–water partition coefficient (Wildman–Crippen LogP) is 3.40. The van der Waals surface area contributed by atoms with E-state index in [2.05, 4.69) is 20.8 Å². The molecular formula is C14H27BO2. The van der Waals surface area contributed by atoms with Gasteiger partial charge in [-0.15, -0.1) is 0 Å². The molecule has 0 aliphatic carbocycles. The Morgan fingerprint density at radius 1 is 1.18 bits per heavy atom. The Hall–Kier alpha value is -0.305. The summed E-state index contributed by atoms with van der Waals surface area (Å²) in [5, 5.41) is 0. The van der Waals surface area contributed by atoms with Crippen LogP contribution in [-0.4, -0.2) is 26.3 Å². The molecule has 17 heavy (non-hydrogen) atoms. The normalized spacial score (nSPS) is 16.6. The molecule has 0 bridgehead atoms. The molecule has 0 N–H and O–H groups in total. The van der Waals surface area contributed by atoms with Crippen molar-refractivity contribution >= 4 is 14.1 Å². The molecule has 0 spiro atoms. The largest absolute Gasteiger partial charge is 0.376 e. The minimum absolute atomic E-state index is 0.0613. The highest BCUT2D eigenvalue weighted by Crippen LogP contribution is 2.42.